The second kappa shape index (κ2) is 5.57. The molecule has 0 saturated heterocycles. The SMILES string of the molecule is CC1(C)CCc2sc(NC(=O)N[C@@H]3c4ccccc4C[C@@H]3O)nc21. The molecule has 1 aromatic carbocycles. The zero-order valence-electron chi connectivity index (χ0n) is 13.8. The van der Waals surface area contributed by atoms with Crippen LogP contribution in [0.4, 0.5) is 9.93 Å². The van der Waals surface area contributed by atoms with Crippen molar-refractivity contribution in [1.82, 2.24) is 10.3 Å². The number of benzene rings is 1. The zero-order chi connectivity index (χ0) is 16.9. The van der Waals surface area contributed by atoms with E-state index in [1.54, 1.807) is 11.3 Å². The minimum atomic E-state index is -0.589. The fourth-order valence-corrected chi connectivity index (χ4v) is 4.81. The normalized spacial score (nSPS) is 23.6. The molecular formula is C18H21N3O2S. The number of rotatable bonds is 2. The van der Waals surface area contributed by atoms with E-state index in [4.69, 9.17) is 0 Å². The number of aromatic nitrogens is 1. The first-order chi connectivity index (χ1) is 11.4. The number of aliphatic hydroxyl groups is 1. The number of hydrogen-bond acceptors (Lipinski definition) is 4. The number of fused-ring (bicyclic) bond motifs is 2. The van der Waals surface area contributed by atoms with E-state index >= 15 is 0 Å². The minimum Gasteiger partial charge on any atom is -0.390 e. The van der Waals surface area contributed by atoms with E-state index in [0.717, 1.165) is 29.7 Å². The van der Waals surface area contributed by atoms with Crippen molar-refractivity contribution in [3.8, 4) is 0 Å². The van der Waals surface area contributed by atoms with E-state index < -0.39 is 6.10 Å². The topological polar surface area (TPSA) is 74.2 Å². The summed E-state index contributed by atoms with van der Waals surface area (Å²) in [5, 5.41) is 16.6. The number of nitrogens with one attached hydrogen (secondary N) is 2. The molecule has 0 radical (unpaired) electrons. The molecule has 5 nitrogen and oxygen atoms in total. The lowest BCUT2D eigenvalue weighted by Crippen LogP contribution is -2.36. The van der Waals surface area contributed by atoms with Gasteiger partial charge in [0.15, 0.2) is 5.13 Å². The molecule has 1 heterocycles. The Balaban J connectivity index is 1.47. The van der Waals surface area contributed by atoms with Gasteiger partial charge >= 0.3 is 6.03 Å². The monoisotopic (exact) mass is 343 g/mol. The minimum absolute atomic E-state index is 0.0861. The third-order valence-electron chi connectivity index (χ3n) is 5.03. The smallest absolute Gasteiger partial charge is 0.321 e. The predicted octanol–water partition coefficient (Wildman–Crippen LogP) is 3.15. The lowest BCUT2D eigenvalue weighted by Gasteiger charge is -2.18. The number of anilines is 1. The van der Waals surface area contributed by atoms with Crippen LogP contribution in [-0.2, 0) is 18.3 Å². The summed E-state index contributed by atoms with van der Waals surface area (Å²) in [4.78, 5) is 18.2. The summed E-state index contributed by atoms with van der Waals surface area (Å²) in [6, 6.07) is 7.14. The summed E-state index contributed by atoms with van der Waals surface area (Å²) < 4.78 is 0. The molecule has 0 saturated carbocycles. The van der Waals surface area contributed by atoms with Gasteiger partial charge < -0.3 is 10.4 Å². The average molecular weight is 343 g/mol. The van der Waals surface area contributed by atoms with Crippen molar-refractivity contribution in [2.45, 2.75) is 50.7 Å². The van der Waals surface area contributed by atoms with Crippen LogP contribution >= 0.6 is 11.3 Å². The number of urea groups is 1. The first-order valence-electron chi connectivity index (χ1n) is 8.27. The second-order valence-electron chi connectivity index (χ2n) is 7.22. The maximum absolute atomic E-state index is 12.3. The van der Waals surface area contributed by atoms with Gasteiger partial charge in [0.05, 0.1) is 17.8 Å². The van der Waals surface area contributed by atoms with Crippen LogP contribution in [0.15, 0.2) is 24.3 Å². The van der Waals surface area contributed by atoms with Gasteiger partial charge in [0.2, 0.25) is 0 Å². The molecule has 0 spiro atoms. The highest BCUT2D eigenvalue weighted by Gasteiger charge is 2.35. The van der Waals surface area contributed by atoms with E-state index in [1.807, 2.05) is 24.3 Å². The molecule has 126 valence electrons. The molecule has 3 N–H and O–H groups in total. The molecule has 2 aliphatic carbocycles. The van der Waals surface area contributed by atoms with Crippen LogP contribution in [0, 0.1) is 0 Å². The molecular weight excluding hydrogens is 322 g/mol. The van der Waals surface area contributed by atoms with Gasteiger partial charge in [0.25, 0.3) is 0 Å². The summed E-state index contributed by atoms with van der Waals surface area (Å²) in [5.41, 5.74) is 3.27. The average Bonchev–Trinajstić information content (AvgIpc) is 3.15. The van der Waals surface area contributed by atoms with Crippen LogP contribution < -0.4 is 10.6 Å². The van der Waals surface area contributed by atoms with Crippen LogP contribution in [0.3, 0.4) is 0 Å². The lowest BCUT2D eigenvalue weighted by atomic mass is 9.91. The second-order valence-corrected chi connectivity index (χ2v) is 8.30. The maximum Gasteiger partial charge on any atom is 0.321 e. The Bertz CT molecular complexity index is 799. The highest BCUT2D eigenvalue weighted by atomic mass is 32.1. The first kappa shape index (κ1) is 15.6. The molecule has 2 aromatic rings. The van der Waals surface area contributed by atoms with E-state index in [9.17, 15) is 9.90 Å². The highest BCUT2D eigenvalue weighted by molar-refractivity contribution is 7.16. The molecule has 4 rings (SSSR count). The Morgan fingerprint density at radius 3 is 2.96 bits per heavy atom. The van der Waals surface area contributed by atoms with Gasteiger partial charge in [-0.3, -0.25) is 5.32 Å². The van der Waals surface area contributed by atoms with Crippen molar-refractivity contribution in [3.63, 3.8) is 0 Å². The van der Waals surface area contributed by atoms with E-state index in [1.165, 1.54) is 4.88 Å². The van der Waals surface area contributed by atoms with Gasteiger partial charge in [0.1, 0.15) is 0 Å². The number of thiazole rings is 1. The van der Waals surface area contributed by atoms with Crippen LogP contribution in [0.2, 0.25) is 0 Å². The van der Waals surface area contributed by atoms with Crippen LogP contribution in [0.5, 0.6) is 0 Å². The summed E-state index contributed by atoms with van der Waals surface area (Å²) in [5.74, 6) is 0. The van der Waals surface area contributed by atoms with Crippen molar-refractivity contribution >= 4 is 22.5 Å². The van der Waals surface area contributed by atoms with Gasteiger partial charge in [-0.15, -0.1) is 11.3 Å². The molecule has 0 aliphatic heterocycles. The Hall–Kier alpha value is -1.92. The first-order valence-corrected chi connectivity index (χ1v) is 9.09. The van der Waals surface area contributed by atoms with Crippen molar-refractivity contribution in [1.29, 1.82) is 0 Å². The fourth-order valence-electron chi connectivity index (χ4n) is 3.67. The lowest BCUT2D eigenvalue weighted by molar-refractivity contribution is 0.144. The third-order valence-corrected chi connectivity index (χ3v) is 6.06. The number of carbonyl (C=O) groups excluding carboxylic acids is 1. The standard InChI is InChI=1S/C18H21N3O2S/c1-18(2)8-7-13-15(18)20-17(24-13)21-16(23)19-14-11-6-4-3-5-10(11)9-12(14)22/h3-6,12,14,22H,7-9H2,1-2H3,(H2,19,20,21,23)/t12-,14+/m0/s1. The quantitative estimate of drug-likeness (QED) is 0.784. The van der Waals surface area contributed by atoms with Crippen LogP contribution in [0.1, 0.15) is 48.0 Å². The van der Waals surface area contributed by atoms with Crippen molar-refractivity contribution in [2.75, 3.05) is 5.32 Å². The zero-order valence-corrected chi connectivity index (χ0v) is 14.6. The summed E-state index contributed by atoms with van der Waals surface area (Å²) in [7, 11) is 0. The summed E-state index contributed by atoms with van der Waals surface area (Å²) in [6.07, 6.45) is 2.12. The predicted molar refractivity (Wildman–Crippen MR) is 94.5 cm³/mol. The van der Waals surface area contributed by atoms with Crippen molar-refractivity contribution in [3.05, 3.63) is 46.0 Å². The van der Waals surface area contributed by atoms with E-state index in [2.05, 4.69) is 29.5 Å². The van der Waals surface area contributed by atoms with E-state index in [0.29, 0.717) is 11.6 Å². The van der Waals surface area contributed by atoms with Crippen LogP contribution in [-0.4, -0.2) is 22.2 Å². The van der Waals surface area contributed by atoms with Gasteiger partial charge in [0, 0.05) is 16.7 Å². The number of nitrogens with zero attached hydrogens (tertiary/aromatic N) is 1. The molecule has 24 heavy (non-hydrogen) atoms. The maximum atomic E-state index is 12.3. The van der Waals surface area contributed by atoms with Gasteiger partial charge in [-0.25, -0.2) is 9.78 Å². The summed E-state index contributed by atoms with van der Waals surface area (Å²) >= 11 is 1.55. The van der Waals surface area contributed by atoms with Crippen LogP contribution in [0.25, 0.3) is 0 Å². The Kier molecular flexibility index (Phi) is 3.62. The molecule has 0 unspecified atom stereocenters. The highest BCUT2D eigenvalue weighted by Crippen LogP contribution is 2.42. The Morgan fingerprint density at radius 1 is 1.38 bits per heavy atom. The molecule has 0 fully saturated rings. The van der Waals surface area contributed by atoms with Gasteiger partial charge in [-0.2, -0.15) is 0 Å². The van der Waals surface area contributed by atoms with Crippen molar-refractivity contribution < 1.29 is 9.90 Å². The van der Waals surface area contributed by atoms with Gasteiger partial charge in [-0.05, 0) is 24.0 Å². The molecule has 6 heteroatoms. The van der Waals surface area contributed by atoms with Gasteiger partial charge in [-0.1, -0.05) is 38.1 Å². The largest absolute Gasteiger partial charge is 0.390 e. The number of aryl methyl sites for hydroxylation is 1. The Morgan fingerprint density at radius 2 is 2.17 bits per heavy atom. The number of hydrogen-bond donors (Lipinski definition) is 3. The number of aliphatic hydroxyl groups excluding tert-OH is 1. The molecule has 1 aromatic heterocycles. The van der Waals surface area contributed by atoms with Crippen molar-refractivity contribution in [2.24, 2.45) is 0 Å². The molecule has 2 aliphatic rings. The number of amides is 2. The molecule has 2 atom stereocenters. The Labute approximate surface area is 145 Å². The molecule has 2 amide bonds. The fraction of sp³-hybridized carbons (Fsp3) is 0.444. The van der Waals surface area contributed by atoms with E-state index in [-0.39, 0.29) is 17.5 Å². The number of carbonyl (C=O) groups is 1. The molecule has 0 bridgehead atoms. The summed E-state index contributed by atoms with van der Waals surface area (Å²) in [6.45, 7) is 4.38. The third kappa shape index (κ3) is 2.59.